The third-order valence-corrected chi connectivity index (χ3v) is 5.51. The van der Waals surface area contributed by atoms with Crippen LogP contribution in [0.15, 0.2) is 6.07 Å². The van der Waals surface area contributed by atoms with Gasteiger partial charge in [-0.25, -0.2) is 0 Å². The van der Waals surface area contributed by atoms with Gasteiger partial charge in [0.05, 0.1) is 18.9 Å². The zero-order valence-electron chi connectivity index (χ0n) is 16.1. The minimum atomic E-state index is -0.0919. The molecule has 0 atom stereocenters. The monoisotopic (exact) mass is 372 g/mol. The van der Waals surface area contributed by atoms with Crippen molar-refractivity contribution < 1.29 is 9.53 Å². The van der Waals surface area contributed by atoms with Crippen molar-refractivity contribution in [1.82, 2.24) is 30.2 Å². The summed E-state index contributed by atoms with van der Waals surface area (Å²) in [6.07, 6.45) is 2.85. The van der Waals surface area contributed by atoms with Crippen molar-refractivity contribution in [2.75, 3.05) is 19.7 Å². The van der Waals surface area contributed by atoms with Crippen molar-refractivity contribution in [3.05, 3.63) is 34.4 Å². The Hall–Kier alpha value is -2.19. The lowest BCUT2D eigenvalue weighted by atomic mass is 10.0. The summed E-state index contributed by atoms with van der Waals surface area (Å²) in [6, 6.07) is 1.98. The number of fused-ring (bicyclic) bond motifs is 1. The van der Waals surface area contributed by atoms with Gasteiger partial charge in [0.2, 0.25) is 0 Å². The van der Waals surface area contributed by atoms with E-state index in [1.807, 2.05) is 6.92 Å². The molecule has 1 fully saturated rings. The van der Waals surface area contributed by atoms with Crippen LogP contribution in [-0.2, 0) is 30.9 Å². The Bertz CT molecular complexity index is 803. The fourth-order valence-corrected chi connectivity index (χ4v) is 4.01. The summed E-state index contributed by atoms with van der Waals surface area (Å²) < 4.78 is 7.79. The van der Waals surface area contributed by atoms with Gasteiger partial charge in [0.25, 0.3) is 5.91 Å². The van der Waals surface area contributed by atoms with E-state index >= 15 is 0 Å². The predicted molar refractivity (Wildman–Crippen MR) is 100 cm³/mol. The summed E-state index contributed by atoms with van der Waals surface area (Å²) in [5, 5.41) is 14.8. The highest BCUT2D eigenvalue weighted by Gasteiger charge is 2.25. The molecule has 1 saturated heterocycles. The highest BCUT2D eigenvalue weighted by Crippen LogP contribution is 2.23. The maximum atomic E-state index is 12.3. The Balaban J connectivity index is 1.32. The second-order valence-electron chi connectivity index (χ2n) is 7.45. The molecule has 4 rings (SSSR count). The maximum absolute atomic E-state index is 12.3. The van der Waals surface area contributed by atoms with Crippen LogP contribution in [0.2, 0.25) is 0 Å². The molecule has 0 saturated carbocycles. The summed E-state index contributed by atoms with van der Waals surface area (Å²) in [7, 11) is 0. The van der Waals surface area contributed by atoms with Gasteiger partial charge in [-0.05, 0) is 32.8 Å². The van der Waals surface area contributed by atoms with Gasteiger partial charge < -0.3 is 10.1 Å². The number of aryl methyl sites for hydroxylation is 2. The molecule has 0 aliphatic carbocycles. The molecule has 8 heteroatoms. The van der Waals surface area contributed by atoms with Crippen LogP contribution in [0.25, 0.3) is 0 Å². The average molecular weight is 372 g/mol. The van der Waals surface area contributed by atoms with E-state index in [0.717, 1.165) is 63.4 Å². The molecule has 0 unspecified atom stereocenters. The first kappa shape index (κ1) is 18.2. The van der Waals surface area contributed by atoms with Crippen LogP contribution in [0.5, 0.6) is 0 Å². The largest absolute Gasteiger partial charge is 0.376 e. The summed E-state index contributed by atoms with van der Waals surface area (Å²) in [5.74, 6) is -0.0919. The molecular weight excluding hydrogens is 344 g/mol. The SMILES string of the molecule is CCn1nc(CN2CCC(NC(=O)c3cc(C)[nH]n3)CC2)c2c1CCOC2. The molecule has 0 radical (unpaired) electrons. The molecule has 1 amide bonds. The molecule has 2 aliphatic rings. The first-order chi connectivity index (χ1) is 13.1. The minimum Gasteiger partial charge on any atom is -0.376 e. The van der Waals surface area contributed by atoms with Crippen molar-refractivity contribution in [3.8, 4) is 0 Å². The van der Waals surface area contributed by atoms with Crippen LogP contribution in [0.4, 0.5) is 0 Å². The highest BCUT2D eigenvalue weighted by atomic mass is 16.5. The number of aromatic amines is 1. The number of hydrogen-bond acceptors (Lipinski definition) is 5. The normalized spacial score (nSPS) is 18.4. The lowest BCUT2D eigenvalue weighted by Crippen LogP contribution is -2.44. The van der Waals surface area contributed by atoms with Crippen molar-refractivity contribution >= 4 is 5.91 Å². The Morgan fingerprint density at radius 2 is 2.22 bits per heavy atom. The van der Waals surface area contributed by atoms with Gasteiger partial charge in [-0.15, -0.1) is 0 Å². The number of piperidine rings is 1. The number of amides is 1. The lowest BCUT2D eigenvalue weighted by molar-refractivity contribution is 0.0901. The number of nitrogens with zero attached hydrogens (tertiary/aromatic N) is 4. The van der Waals surface area contributed by atoms with Gasteiger partial charge in [0, 0.05) is 55.6 Å². The van der Waals surface area contributed by atoms with Gasteiger partial charge in [0.15, 0.2) is 0 Å². The van der Waals surface area contributed by atoms with Crippen LogP contribution in [-0.4, -0.2) is 56.5 Å². The summed E-state index contributed by atoms with van der Waals surface area (Å²) in [5.41, 5.74) is 5.14. The third-order valence-electron chi connectivity index (χ3n) is 5.51. The van der Waals surface area contributed by atoms with E-state index < -0.39 is 0 Å². The van der Waals surface area contributed by atoms with E-state index in [-0.39, 0.29) is 11.9 Å². The first-order valence-electron chi connectivity index (χ1n) is 9.84. The van der Waals surface area contributed by atoms with Crippen LogP contribution in [0.3, 0.4) is 0 Å². The second-order valence-corrected chi connectivity index (χ2v) is 7.45. The van der Waals surface area contributed by atoms with Crippen molar-refractivity contribution in [2.24, 2.45) is 0 Å². The standard InChI is InChI=1S/C19H28N6O2/c1-3-25-18-6-9-27-12-15(18)17(23-25)11-24-7-4-14(5-8-24)20-19(26)16-10-13(2)21-22-16/h10,14H,3-9,11-12H2,1-2H3,(H,20,26)(H,21,22). The Labute approximate surface area is 159 Å². The number of ether oxygens (including phenoxy) is 1. The van der Waals surface area contributed by atoms with Crippen LogP contribution >= 0.6 is 0 Å². The Kier molecular flexibility index (Phi) is 5.27. The molecule has 27 heavy (non-hydrogen) atoms. The zero-order chi connectivity index (χ0) is 18.8. The van der Waals surface area contributed by atoms with Crippen molar-refractivity contribution in [3.63, 3.8) is 0 Å². The Morgan fingerprint density at radius 1 is 1.41 bits per heavy atom. The maximum Gasteiger partial charge on any atom is 0.271 e. The molecule has 146 valence electrons. The first-order valence-corrected chi connectivity index (χ1v) is 9.84. The van der Waals surface area contributed by atoms with E-state index in [0.29, 0.717) is 12.3 Å². The number of carbonyl (C=O) groups excluding carboxylic acids is 1. The van der Waals surface area contributed by atoms with Gasteiger partial charge in [-0.2, -0.15) is 10.2 Å². The molecule has 2 aliphatic heterocycles. The lowest BCUT2D eigenvalue weighted by Gasteiger charge is -2.32. The second kappa shape index (κ2) is 7.82. The van der Waals surface area contributed by atoms with Crippen molar-refractivity contribution in [1.29, 1.82) is 0 Å². The number of rotatable bonds is 5. The fraction of sp³-hybridized carbons (Fsp3) is 0.632. The van der Waals surface area contributed by atoms with Gasteiger partial charge in [0.1, 0.15) is 5.69 Å². The molecule has 2 aromatic rings. The number of likely N-dealkylation sites (tertiary alicyclic amines) is 1. The topological polar surface area (TPSA) is 88.1 Å². The van der Waals surface area contributed by atoms with Gasteiger partial charge in [-0.1, -0.05) is 0 Å². The molecule has 8 nitrogen and oxygen atoms in total. The highest BCUT2D eigenvalue weighted by molar-refractivity contribution is 5.92. The third kappa shape index (κ3) is 3.91. The number of aromatic nitrogens is 4. The van der Waals surface area contributed by atoms with Crippen molar-refractivity contribution in [2.45, 2.75) is 58.8 Å². The molecular formula is C19H28N6O2. The number of nitrogens with one attached hydrogen (secondary N) is 2. The zero-order valence-corrected chi connectivity index (χ0v) is 16.1. The quantitative estimate of drug-likeness (QED) is 0.828. The van der Waals surface area contributed by atoms with E-state index in [2.05, 4.69) is 32.0 Å². The smallest absolute Gasteiger partial charge is 0.271 e. The van der Waals surface area contributed by atoms with Crippen LogP contribution < -0.4 is 5.32 Å². The molecule has 4 heterocycles. The van der Waals surface area contributed by atoms with Crippen LogP contribution in [0, 0.1) is 6.92 Å². The van der Waals surface area contributed by atoms with Gasteiger partial charge in [-0.3, -0.25) is 19.5 Å². The summed E-state index contributed by atoms with van der Waals surface area (Å²) in [6.45, 7) is 9.19. The summed E-state index contributed by atoms with van der Waals surface area (Å²) >= 11 is 0. The Morgan fingerprint density at radius 3 is 2.93 bits per heavy atom. The fourth-order valence-electron chi connectivity index (χ4n) is 4.01. The molecule has 0 aromatic carbocycles. The van der Waals surface area contributed by atoms with E-state index in [9.17, 15) is 4.79 Å². The van der Waals surface area contributed by atoms with Gasteiger partial charge >= 0.3 is 0 Å². The molecule has 2 aromatic heterocycles. The number of H-pyrrole nitrogens is 1. The molecule has 0 spiro atoms. The van der Waals surface area contributed by atoms with Crippen LogP contribution in [0.1, 0.15) is 52.9 Å². The average Bonchev–Trinajstić information content (AvgIpc) is 3.27. The predicted octanol–water partition coefficient (Wildman–Crippen LogP) is 1.40. The van der Waals surface area contributed by atoms with E-state index in [1.165, 1.54) is 11.3 Å². The molecule has 0 bridgehead atoms. The molecule has 2 N–H and O–H groups in total. The minimum absolute atomic E-state index is 0.0919. The number of carbonyl (C=O) groups is 1. The number of hydrogen-bond donors (Lipinski definition) is 2. The summed E-state index contributed by atoms with van der Waals surface area (Å²) in [4.78, 5) is 14.7. The van der Waals surface area contributed by atoms with E-state index in [1.54, 1.807) is 6.07 Å². The van der Waals surface area contributed by atoms with E-state index in [4.69, 9.17) is 9.84 Å².